The molecule has 0 saturated heterocycles. The van der Waals surface area contributed by atoms with E-state index in [1.807, 2.05) is 12.4 Å². The largest absolute Gasteiger partial charge is 0.316 e. The van der Waals surface area contributed by atoms with Crippen LogP contribution >= 0.6 is 0 Å². The summed E-state index contributed by atoms with van der Waals surface area (Å²) >= 11 is 0. The highest BCUT2D eigenvalue weighted by Crippen LogP contribution is 2.53. The van der Waals surface area contributed by atoms with Gasteiger partial charge in [0.25, 0.3) is 0 Å². The maximum absolute atomic E-state index is 4.05. The number of pyridine rings is 1. The number of nitrogens with zero attached hydrogens (tertiary/aromatic N) is 1. The molecule has 0 aliphatic heterocycles. The van der Waals surface area contributed by atoms with E-state index >= 15 is 0 Å². The third-order valence-electron chi connectivity index (χ3n) is 3.65. The fourth-order valence-electron chi connectivity index (χ4n) is 2.41. The lowest BCUT2D eigenvalue weighted by atomic mass is 9.98. The zero-order chi connectivity index (χ0) is 10.9. The van der Waals surface area contributed by atoms with Crippen molar-refractivity contribution in [1.82, 2.24) is 10.3 Å². The molecule has 0 bridgehead atoms. The fourth-order valence-corrected chi connectivity index (χ4v) is 2.41. The molecule has 2 atom stereocenters. The molecular formula is C13H20N2. The predicted octanol–water partition coefficient (Wildman–Crippen LogP) is 2.26. The Balaban J connectivity index is 1.98. The van der Waals surface area contributed by atoms with Crippen LogP contribution < -0.4 is 5.32 Å². The van der Waals surface area contributed by atoms with Crippen LogP contribution in [0.4, 0.5) is 0 Å². The summed E-state index contributed by atoms with van der Waals surface area (Å²) in [6, 6.07) is 4.84. The molecule has 82 valence electrons. The minimum atomic E-state index is 0.542. The number of likely N-dealkylation sites (N-methyl/N-ethyl adjacent to an activating group) is 1. The van der Waals surface area contributed by atoms with Gasteiger partial charge in [-0.05, 0) is 48.9 Å². The molecular weight excluding hydrogens is 184 g/mol. The summed E-state index contributed by atoms with van der Waals surface area (Å²) < 4.78 is 0. The quantitative estimate of drug-likeness (QED) is 0.813. The summed E-state index contributed by atoms with van der Waals surface area (Å²) in [4.78, 5) is 4.05. The Morgan fingerprint density at radius 2 is 2.07 bits per heavy atom. The van der Waals surface area contributed by atoms with Crippen LogP contribution in [-0.2, 0) is 6.42 Å². The lowest BCUT2D eigenvalue weighted by Gasteiger charge is -2.17. The molecule has 1 aromatic heterocycles. The second-order valence-corrected chi connectivity index (χ2v) is 5.25. The Morgan fingerprint density at radius 1 is 1.47 bits per heavy atom. The van der Waals surface area contributed by atoms with Crippen molar-refractivity contribution in [2.24, 2.45) is 11.3 Å². The third kappa shape index (κ3) is 2.37. The zero-order valence-corrected chi connectivity index (χ0v) is 9.83. The maximum atomic E-state index is 4.05. The number of hydrogen-bond acceptors (Lipinski definition) is 2. The summed E-state index contributed by atoms with van der Waals surface area (Å²) in [7, 11) is 2.07. The first-order valence-corrected chi connectivity index (χ1v) is 5.69. The lowest BCUT2D eigenvalue weighted by molar-refractivity contribution is 0.426. The van der Waals surface area contributed by atoms with Gasteiger partial charge in [0.05, 0.1) is 0 Å². The van der Waals surface area contributed by atoms with Gasteiger partial charge in [0.2, 0.25) is 0 Å². The zero-order valence-electron chi connectivity index (χ0n) is 9.83. The third-order valence-corrected chi connectivity index (χ3v) is 3.65. The normalized spacial score (nSPS) is 24.9. The fraction of sp³-hybridized carbons (Fsp3) is 0.615. The van der Waals surface area contributed by atoms with Crippen LogP contribution in [0, 0.1) is 11.3 Å². The van der Waals surface area contributed by atoms with Crippen LogP contribution in [0.2, 0.25) is 0 Å². The van der Waals surface area contributed by atoms with Gasteiger partial charge in [0.15, 0.2) is 0 Å². The minimum absolute atomic E-state index is 0.542. The van der Waals surface area contributed by atoms with Gasteiger partial charge in [-0.1, -0.05) is 13.8 Å². The van der Waals surface area contributed by atoms with Gasteiger partial charge in [-0.15, -0.1) is 0 Å². The Hall–Kier alpha value is -0.890. The number of aromatic nitrogens is 1. The number of hydrogen-bond donors (Lipinski definition) is 1. The van der Waals surface area contributed by atoms with E-state index in [1.54, 1.807) is 0 Å². The molecule has 1 N–H and O–H groups in total. The van der Waals surface area contributed by atoms with Crippen molar-refractivity contribution in [3.63, 3.8) is 0 Å². The average molecular weight is 204 g/mol. The summed E-state index contributed by atoms with van der Waals surface area (Å²) in [5.74, 6) is 0.829. The van der Waals surface area contributed by atoms with Gasteiger partial charge >= 0.3 is 0 Å². The Morgan fingerprint density at radius 3 is 2.53 bits per heavy atom. The second kappa shape index (κ2) is 3.93. The van der Waals surface area contributed by atoms with Crippen LogP contribution in [0.1, 0.15) is 25.8 Å². The lowest BCUT2D eigenvalue weighted by Crippen LogP contribution is -2.31. The van der Waals surface area contributed by atoms with E-state index in [2.05, 4.69) is 43.3 Å². The summed E-state index contributed by atoms with van der Waals surface area (Å²) in [5, 5.41) is 3.45. The summed E-state index contributed by atoms with van der Waals surface area (Å²) in [6.07, 6.45) is 6.22. The Labute approximate surface area is 92.1 Å². The summed E-state index contributed by atoms with van der Waals surface area (Å²) in [5.41, 5.74) is 1.92. The van der Waals surface area contributed by atoms with Gasteiger partial charge in [-0.3, -0.25) is 4.98 Å². The van der Waals surface area contributed by atoms with E-state index < -0.39 is 0 Å². The van der Waals surface area contributed by atoms with E-state index in [-0.39, 0.29) is 0 Å². The molecule has 0 spiro atoms. The number of rotatable bonds is 4. The molecule has 0 radical (unpaired) electrons. The monoisotopic (exact) mass is 204 g/mol. The molecule has 2 rings (SSSR count). The average Bonchev–Trinajstić information content (AvgIpc) is 2.86. The molecule has 0 aromatic carbocycles. The molecule has 1 heterocycles. The van der Waals surface area contributed by atoms with Crippen molar-refractivity contribution in [1.29, 1.82) is 0 Å². The smallest absolute Gasteiger partial charge is 0.0270 e. The van der Waals surface area contributed by atoms with E-state index in [0.717, 1.165) is 12.3 Å². The number of nitrogens with one attached hydrogen (secondary N) is 1. The maximum Gasteiger partial charge on any atom is 0.0270 e. The molecule has 0 amide bonds. The van der Waals surface area contributed by atoms with E-state index in [0.29, 0.717) is 11.5 Å². The predicted molar refractivity (Wildman–Crippen MR) is 62.7 cm³/mol. The standard InChI is InChI=1S/C13H20N2/c1-13(2)9-11(13)12(14-3)8-10-4-6-15-7-5-10/h4-7,11-12,14H,8-9H2,1-3H3. The van der Waals surface area contributed by atoms with E-state index in [1.165, 1.54) is 12.0 Å². The van der Waals surface area contributed by atoms with E-state index in [9.17, 15) is 0 Å². The van der Waals surface area contributed by atoms with Crippen molar-refractivity contribution >= 4 is 0 Å². The first-order chi connectivity index (χ1) is 7.13. The van der Waals surface area contributed by atoms with Crippen LogP contribution in [0.25, 0.3) is 0 Å². The van der Waals surface area contributed by atoms with Crippen molar-refractivity contribution in [2.45, 2.75) is 32.7 Å². The molecule has 15 heavy (non-hydrogen) atoms. The van der Waals surface area contributed by atoms with Crippen molar-refractivity contribution in [3.8, 4) is 0 Å². The molecule has 2 heteroatoms. The van der Waals surface area contributed by atoms with Gasteiger partial charge in [-0.2, -0.15) is 0 Å². The van der Waals surface area contributed by atoms with Crippen LogP contribution in [0.5, 0.6) is 0 Å². The highest BCUT2D eigenvalue weighted by Gasteiger charge is 2.49. The van der Waals surface area contributed by atoms with Crippen LogP contribution in [-0.4, -0.2) is 18.1 Å². The topological polar surface area (TPSA) is 24.9 Å². The van der Waals surface area contributed by atoms with Crippen molar-refractivity contribution < 1.29 is 0 Å². The first kappa shape index (κ1) is 10.6. The summed E-state index contributed by atoms with van der Waals surface area (Å²) in [6.45, 7) is 4.71. The van der Waals surface area contributed by atoms with Crippen molar-refractivity contribution in [3.05, 3.63) is 30.1 Å². The Bertz CT molecular complexity index is 319. The highest BCUT2D eigenvalue weighted by molar-refractivity contribution is 5.14. The van der Waals surface area contributed by atoms with Crippen molar-refractivity contribution in [2.75, 3.05) is 7.05 Å². The minimum Gasteiger partial charge on any atom is -0.316 e. The van der Waals surface area contributed by atoms with Crippen LogP contribution in [0.15, 0.2) is 24.5 Å². The van der Waals surface area contributed by atoms with E-state index in [4.69, 9.17) is 0 Å². The molecule has 2 unspecified atom stereocenters. The molecule has 1 aromatic rings. The first-order valence-electron chi connectivity index (χ1n) is 5.69. The van der Waals surface area contributed by atoms with Gasteiger partial charge in [0, 0.05) is 18.4 Å². The van der Waals surface area contributed by atoms with Crippen LogP contribution in [0.3, 0.4) is 0 Å². The molecule has 1 aliphatic rings. The molecule has 1 aliphatic carbocycles. The highest BCUT2D eigenvalue weighted by atomic mass is 14.9. The Kier molecular flexibility index (Phi) is 2.79. The SMILES string of the molecule is CNC(Cc1ccncc1)C1CC1(C)C. The second-order valence-electron chi connectivity index (χ2n) is 5.25. The van der Waals surface area contributed by atoms with Gasteiger partial charge in [-0.25, -0.2) is 0 Å². The molecule has 1 fully saturated rings. The van der Waals surface area contributed by atoms with Gasteiger partial charge < -0.3 is 5.32 Å². The molecule has 2 nitrogen and oxygen atoms in total. The molecule has 1 saturated carbocycles. The van der Waals surface area contributed by atoms with Gasteiger partial charge in [0.1, 0.15) is 0 Å².